The highest BCUT2D eigenvalue weighted by Gasteiger charge is 1.84. The van der Waals surface area contributed by atoms with Gasteiger partial charge >= 0.3 is 0 Å². The molecule has 1 rings (SSSR count). The summed E-state index contributed by atoms with van der Waals surface area (Å²) in [6, 6.07) is 2.68. The number of hydrogen-bond acceptors (Lipinski definition) is 1. The maximum Gasteiger partial charge on any atom is 0.141 e. The largest absolute Gasteiger partial charge is 0.270 e. The Balaban J connectivity index is 3.03. The van der Waals surface area contributed by atoms with Gasteiger partial charge in [0, 0.05) is 0 Å². The monoisotopic (exact) mass is 107 g/mol. The lowest BCUT2D eigenvalue weighted by Gasteiger charge is -1.86. The molecule has 0 aliphatic carbocycles. The minimum absolute atomic E-state index is 0.339. The van der Waals surface area contributed by atoms with Crippen LogP contribution in [0, 0.1) is 5.82 Å². The molecule has 1 nitrogen and oxygen atoms in total. The van der Waals surface area contributed by atoms with Gasteiger partial charge in [0.25, 0.3) is 0 Å². The maximum atomic E-state index is 12.0. The Bertz CT molecular complexity index is 151. The predicted molar refractivity (Wildman–Crippen MR) is 29.6 cm³/mol. The minimum Gasteiger partial charge on any atom is -0.270 e. The van der Waals surface area contributed by atoms with Crippen molar-refractivity contribution in [3.63, 3.8) is 0 Å². The van der Waals surface area contributed by atoms with E-state index in [1.807, 2.05) is 0 Å². The van der Waals surface area contributed by atoms with E-state index in [4.69, 9.17) is 7.85 Å². The van der Waals surface area contributed by atoms with E-state index in [2.05, 4.69) is 4.98 Å². The standard InChI is InChI=1S/C5H3BFN/c6-5-2-1-4(7)3-8-5/h1-3H. The van der Waals surface area contributed by atoms with E-state index in [9.17, 15) is 4.39 Å². The number of nitrogens with zero attached hydrogens (tertiary/aromatic N) is 1. The predicted octanol–water partition coefficient (Wildman–Crippen LogP) is 0.0145. The molecule has 0 aliphatic rings. The highest BCUT2D eigenvalue weighted by molar-refractivity contribution is 6.30. The lowest BCUT2D eigenvalue weighted by Crippen LogP contribution is -2.05. The molecule has 38 valence electrons. The average Bonchev–Trinajstić information content (AvgIpc) is 1.77. The molecule has 2 radical (unpaired) electrons. The van der Waals surface area contributed by atoms with Crippen LogP contribution in [0.1, 0.15) is 0 Å². The Hall–Kier alpha value is -0.855. The molecule has 0 aliphatic heterocycles. The Morgan fingerprint density at radius 3 is 2.62 bits per heavy atom. The van der Waals surface area contributed by atoms with Gasteiger partial charge in [-0.25, -0.2) is 4.39 Å². The lowest BCUT2D eigenvalue weighted by atomic mass is 10.0. The second-order valence-electron chi connectivity index (χ2n) is 1.40. The molecule has 0 spiro atoms. The molecule has 0 fully saturated rings. The van der Waals surface area contributed by atoms with E-state index >= 15 is 0 Å². The molecule has 8 heavy (non-hydrogen) atoms. The van der Waals surface area contributed by atoms with E-state index < -0.39 is 0 Å². The SMILES string of the molecule is [B]c1ccc(F)cn1. The third-order valence-electron chi connectivity index (χ3n) is 0.750. The second kappa shape index (κ2) is 1.94. The first-order valence-electron chi connectivity index (χ1n) is 2.16. The molecule has 0 saturated carbocycles. The Morgan fingerprint density at radius 2 is 2.25 bits per heavy atom. The summed E-state index contributed by atoms with van der Waals surface area (Å²) in [7, 11) is 5.15. The second-order valence-corrected chi connectivity index (χ2v) is 1.40. The van der Waals surface area contributed by atoms with Crippen molar-refractivity contribution in [2.45, 2.75) is 0 Å². The molecule has 0 amide bonds. The van der Waals surface area contributed by atoms with Gasteiger partial charge in [-0.2, -0.15) is 0 Å². The molecule has 0 saturated heterocycles. The van der Waals surface area contributed by atoms with Gasteiger partial charge in [-0.1, -0.05) is 0 Å². The van der Waals surface area contributed by atoms with Crippen LogP contribution in [-0.2, 0) is 0 Å². The van der Waals surface area contributed by atoms with Crippen LogP contribution in [0.4, 0.5) is 4.39 Å². The molecule has 1 aromatic rings. The lowest BCUT2D eigenvalue weighted by molar-refractivity contribution is 0.622. The molecule has 1 aromatic heterocycles. The van der Waals surface area contributed by atoms with Gasteiger partial charge in [0.05, 0.1) is 6.20 Å². The topological polar surface area (TPSA) is 12.9 Å². The summed E-state index contributed by atoms with van der Waals surface area (Å²) in [6.07, 6.45) is 1.08. The van der Waals surface area contributed by atoms with Crippen molar-refractivity contribution in [2.75, 3.05) is 0 Å². The van der Waals surface area contributed by atoms with Crippen LogP contribution in [-0.4, -0.2) is 12.8 Å². The van der Waals surface area contributed by atoms with Gasteiger partial charge in [0.1, 0.15) is 13.7 Å². The third kappa shape index (κ3) is 1.06. The Labute approximate surface area is 48.0 Å². The zero-order valence-corrected chi connectivity index (χ0v) is 4.13. The number of halogens is 1. The number of pyridine rings is 1. The van der Waals surface area contributed by atoms with Crippen molar-refractivity contribution in [1.29, 1.82) is 0 Å². The zero-order valence-electron chi connectivity index (χ0n) is 4.13. The molecule has 0 atom stereocenters. The van der Waals surface area contributed by atoms with Crippen molar-refractivity contribution >= 4 is 13.4 Å². The Kier molecular flexibility index (Phi) is 1.28. The van der Waals surface area contributed by atoms with Crippen LogP contribution in [0.15, 0.2) is 18.3 Å². The molecule has 0 bridgehead atoms. The van der Waals surface area contributed by atoms with E-state index in [1.165, 1.54) is 12.1 Å². The molecule has 0 aromatic carbocycles. The summed E-state index contributed by atoms with van der Waals surface area (Å²) in [5.74, 6) is -0.362. The van der Waals surface area contributed by atoms with Crippen LogP contribution in [0.2, 0.25) is 0 Å². The van der Waals surface area contributed by atoms with Crippen LogP contribution in [0.3, 0.4) is 0 Å². The van der Waals surface area contributed by atoms with Crippen LogP contribution in [0.5, 0.6) is 0 Å². The smallest absolute Gasteiger partial charge is 0.141 e. The maximum absolute atomic E-state index is 12.0. The van der Waals surface area contributed by atoms with Gasteiger partial charge in [0.15, 0.2) is 0 Å². The summed E-state index contributed by atoms with van der Waals surface area (Å²) in [5, 5.41) is 0. The molecule has 1 heterocycles. The minimum atomic E-state index is -0.362. The number of hydrogen-bond donors (Lipinski definition) is 0. The zero-order chi connectivity index (χ0) is 5.98. The summed E-state index contributed by atoms with van der Waals surface area (Å²) in [4.78, 5) is 3.48. The van der Waals surface area contributed by atoms with Crippen molar-refractivity contribution in [1.82, 2.24) is 4.98 Å². The molecule has 0 unspecified atom stereocenters. The third-order valence-corrected chi connectivity index (χ3v) is 0.750. The van der Waals surface area contributed by atoms with Gasteiger partial charge < -0.3 is 0 Å². The quantitative estimate of drug-likeness (QED) is 0.425. The normalized spacial score (nSPS) is 9.12. The van der Waals surface area contributed by atoms with Gasteiger partial charge in [-0.15, -0.1) is 0 Å². The fourth-order valence-corrected chi connectivity index (χ4v) is 0.387. The highest BCUT2D eigenvalue weighted by atomic mass is 19.1. The molecular formula is C5H3BFN. The number of rotatable bonds is 0. The summed E-state index contributed by atoms with van der Waals surface area (Å²) < 4.78 is 12.0. The average molecular weight is 107 g/mol. The summed E-state index contributed by atoms with van der Waals surface area (Å²) in [5.41, 5.74) is 0.339. The van der Waals surface area contributed by atoms with E-state index in [1.54, 1.807) is 0 Å². The summed E-state index contributed by atoms with van der Waals surface area (Å²) in [6.45, 7) is 0. The first-order valence-corrected chi connectivity index (χ1v) is 2.16. The molecule has 3 heteroatoms. The van der Waals surface area contributed by atoms with Gasteiger partial charge in [-0.3, -0.25) is 4.98 Å². The fraction of sp³-hybridized carbons (Fsp3) is 0. The van der Waals surface area contributed by atoms with Crippen LogP contribution >= 0.6 is 0 Å². The van der Waals surface area contributed by atoms with E-state index in [0.29, 0.717) is 5.59 Å². The first kappa shape index (κ1) is 5.28. The van der Waals surface area contributed by atoms with E-state index in [0.717, 1.165) is 6.20 Å². The van der Waals surface area contributed by atoms with Crippen LogP contribution < -0.4 is 5.59 Å². The van der Waals surface area contributed by atoms with Gasteiger partial charge in [-0.05, 0) is 17.7 Å². The van der Waals surface area contributed by atoms with E-state index in [-0.39, 0.29) is 5.82 Å². The molecular weight excluding hydrogens is 104 g/mol. The fourth-order valence-electron chi connectivity index (χ4n) is 0.387. The van der Waals surface area contributed by atoms with Crippen molar-refractivity contribution in [3.05, 3.63) is 24.1 Å². The van der Waals surface area contributed by atoms with Crippen molar-refractivity contribution in [2.24, 2.45) is 0 Å². The summed E-state index contributed by atoms with van der Waals surface area (Å²) >= 11 is 0. The van der Waals surface area contributed by atoms with Crippen molar-refractivity contribution in [3.8, 4) is 0 Å². The first-order chi connectivity index (χ1) is 3.79. The van der Waals surface area contributed by atoms with Gasteiger partial charge in [0.2, 0.25) is 0 Å². The number of aromatic nitrogens is 1. The van der Waals surface area contributed by atoms with Crippen molar-refractivity contribution < 1.29 is 4.39 Å². The molecule has 0 N–H and O–H groups in total. The Morgan fingerprint density at radius 1 is 1.50 bits per heavy atom. The van der Waals surface area contributed by atoms with Crippen LogP contribution in [0.25, 0.3) is 0 Å². The highest BCUT2D eigenvalue weighted by Crippen LogP contribution is 1.86.